The van der Waals surface area contributed by atoms with Crippen LogP contribution in [-0.4, -0.2) is 18.7 Å². The number of amides is 1. The SMILES string of the molecule is N#CCOc1c(Br)cc(C=Nc2sc3c(c2C(=O)Nc2ccccc2)CCCC3)cc1I. The Labute approximate surface area is 212 Å². The number of nitrogens with one attached hydrogen (secondary N) is 1. The Morgan fingerprint density at radius 1 is 1.28 bits per heavy atom. The molecule has 0 unspecified atom stereocenters. The van der Waals surface area contributed by atoms with Crippen molar-refractivity contribution in [2.75, 3.05) is 11.9 Å². The Hall–Kier alpha value is -2.22. The van der Waals surface area contributed by atoms with Gasteiger partial charge in [0.1, 0.15) is 16.8 Å². The van der Waals surface area contributed by atoms with Gasteiger partial charge in [-0.05, 0) is 99.6 Å². The van der Waals surface area contributed by atoms with Crippen LogP contribution in [0, 0.1) is 14.9 Å². The predicted molar refractivity (Wildman–Crippen MR) is 141 cm³/mol. The fraction of sp³-hybridized carbons (Fsp3) is 0.208. The number of fused-ring (bicyclic) bond motifs is 1. The van der Waals surface area contributed by atoms with Gasteiger partial charge in [0.25, 0.3) is 5.91 Å². The van der Waals surface area contributed by atoms with Crippen LogP contribution in [0.3, 0.4) is 0 Å². The number of rotatable bonds is 6. The van der Waals surface area contributed by atoms with Crippen molar-refractivity contribution in [1.82, 2.24) is 0 Å². The maximum absolute atomic E-state index is 13.2. The standard InChI is InChI=1S/C24H19BrIN3O2S/c25-18-12-15(13-19(26)22(18)31-11-10-27)14-28-24-21(17-8-4-5-9-20(17)32-24)23(30)29-16-6-2-1-3-7-16/h1-3,6-7,12-14H,4-5,8-9,11H2,(H,29,30). The molecule has 8 heteroatoms. The maximum atomic E-state index is 13.2. The normalized spacial score (nSPS) is 12.9. The number of hydrogen-bond donors (Lipinski definition) is 1. The van der Waals surface area contributed by atoms with Crippen molar-refractivity contribution in [2.45, 2.75) is 25.7 Å². The average molecular weight is 620 g/mol. The molecule has 1 aliphatic carbocycles. The van der Waals surface area contributed by atoms with Crippen molar-refractivity contribution in [1.29, 1.82) is 5.26 Å². The molecule has 1 heterocycles. The van der Waals surface area contributed by atoms with Crippen molar-refractivity contribution in [3.8, 4) is 11.8 Å². The van der Waals surface area contributed by atoms with Crippen molar-refractivity contribution in [3.05, 3.63) is 72.1 Å². The van der Waals surface area contributed by atoms with E-state index in [-0.39, 0.29) is 12.5 Å². The smallest absolute Gasteiger partial charge is 0.259 e. The van der Waals surface area contributed by atoms with Gasteiger partial charge in [0.2, 0.25) is 0 Å². The first kappa shape index (κ1) is 23.0. The number of aryl methyl sites for hydroxylation is 1. The van der Waals surface area contributed by atoms with Gasteiger partial charge < -0.3 is 10.1 Å². The maximum Gasteiger partial charge on any atom is 0.259 e. The van der Waals surface area contributed by atoms with E-state index in [1.807, 2.05) is 48.5 Å². The van der Waals surface area contributed by atoms with E-state index in [0.29, 0.717) is 11.3 Å². The lowest BCUT2D eigenvalue weighted by Gasteiger charge is -2.12. The number of halogens is 2. The first-order valence-corrected chi connectivity index (χ1v) is 12.8. The molecule has 162 valence electrons. The molecule has 0 saturated heterocycles. The third-order valence-electron chi connectivity index (χ3n) is 5.04. The quantitative estimate of drug-likeness (QED) is 0.241. The minimum Gasteiger partial charge on any atom is -0.476 e. The molecular formula is C24H19BrIN3O2S. The van der Waals surface area contributed by atoms with Crippen molar-refractivity contribution < 1.29 is 9.53 Å². The van der Waals surface area contributed by atoms with Crippen LogP contribution in [0.1, 0.15) is 39.2 Å². The molecule has 0 bridgehead atoms. The van der Waals surface area contributed by atoms with Crippen LogP contribution in [0.2, 0.25) is 0 Å². The molecular weight excluding hydrogens is 601 g/mol. The lowest BCUT2D eigenvalue weighted by atomic mass is 9.95. The van der Waals surface area contributed by atoms with Crippen LogP contribution in [0.25, 0.3) is 0 Å². The summed E-state index contributed by atoms with van der Waals surface area (Å²) in [4.78, 5) is 19.2. The van der Waals surface area contributed by atoms with Crippen LogP contribution in [0.4, 0.5) is 10.7 Å². The molecule has 5 nitrogen and oxygen atoms in total. The van der Waals surface area contributed by atoms with Crippen molar-refractivity contribution in [3.63, 3.8) is 0 Å². The number of nitrogens with zero attached hydrogens (tertiary/aromatic N) is 2. The molecule has 0 saturated carbocycles. The summed E-state index contributed by atoms with van der Waals surface area (Å²) in [5, 5.41) is 12.5. The minimum absolute atomic E-state index is 0.0112. The first-order valence-electron chi connectivity index (χ1n) is 10.1. The topological polar surface area (TPSA) is 74.5 Å². The van der Waals surface area contributed by atoms with Crippen LogP contribution in [-0.2, 0) is 12.8 Å². The fourth-order valence-corrected chi connectivity index (χ4v) is 6.62. The lowest BCUT2D eigenvalue weighted by Crippen LogP contribution is -2.14. The second kappa shape index (κ2) is 10.6. The molecule has 0 spiro atoms. The number of carbonyl (C=O) groups is 1. The number of hydrogen-bond acceptors (Lipinski definition) is 5. The van der Waals surface area contributed by atoms with Crippen LogP contribution < -0.4 is 10.1 Å². The number of anilines is 1. The Bertz CT molecular complexity index is 1190. The van der Waals surface area contributed by atoms with E-state index in [1.165, 1.54) is 4.88 Å². The largest absolute Gasteiger partial charge is 0.476 e. The van der Waals surface area contributed by atoms with Gasteiger partial charge in [0, 0.05) is 16.8 Å². The number of benzene rings is 2. The van der Waals surface area contributed by atoms with E-state index in [0.717, 1.165) is 55.5 Å². The summed E-state index contributed by atoms with van der Waals surface area (Å²) in [6, 6.07) is 15.3. The van der Waals surface area contributed by atoms with E-state index >= 15 is 0 Å². The molecule has 3 aromatic rings. The zero-order chi connectivity index (χ0) is 22.5. The number of thiophene rings is 1. The highest BCUT2D eigenvalue weighted by molar-refractivity contribution is 14.1. The summed E-state index contributed by atoms with van der Waals surface area (Å²) in [6.45, 7) is -0.0112. The highest BCUT2D eigenvalue weighted by atomic mass is 127. The average Bonchev–Trinajstić information content (AvgIpc) is 3.16. The molecule has 0 fully saturated rings. The number of nitriles is 1. The second-order valence-corrected chi connectivity index (χ2v) is 10.3. The van der Waals surface area contributed by atoms with Gasteiger partial charge in [-0.1, -0.05) is 18.2 Å². The number of aliphatic imine (C=N–C) groups is 1. The molecule has 0 atom stereocenters. The summed E-state index contributed by atoms with van der Waals surface area (Å²) < 4.78 is 7.12. The predicted octanol–water partition coefficient (Wildman–Crippen LogP) is 6.90. The Balaban J connectivity index is 1.65. The van der Waals surface area contributed by atoms with Crippen molar-refractivity contribution >= 4 is 72.7 Å². The summed E-state index contributed by atoms with van der Waals surface area (Å²) in [5.41, 5.74) is 3.48. The van der Waals surface area contributed by atoms with E-state index in [9.17, 15) is 4.79 Å². The number of para-hydroxylation sites is 1. The van der Waals surface area contributed by atoms with Gasteiger partial charge in [-0.2, -0.15) is 5.26 Å². The Morgan fingerprint density at radius 2 is 2.06 bits per heavy atom. The summed E-state index contributed by atoms with van der Waals surface area (Å²) in [6.07, 6.45) is 5.92. The van der Waals surface area contributed by atoms with Crippen molar-refractivity contribution in [2.24, 2.45) is 4.99 Å². The molecule has 1 amide bonds. The molecule has 1 aromatic heterocycles. The molecule has 0 radical (unpaired) electrons. The summed E-state index contributed by atoms with van der Waals surface area (Å²) in [7, 11) is 0. The molecule has 32 heavy (non-hydrogen) atoms. The third-order valence-corrected chi connectivity index (χ3v) is 7.63. The zero-order valence-corrected chi connectivity index (χ0v) is 21.6. The van der Waals surface area contributed by atoms with Gasteiger partial charge >= 0.3 is 0 Å². The van der Waals surface area contributed by atoms with Gasteiger partial charge in [-0.15, -0.1) is 11.3 Å². The van der Waals surface area contributed by atoms with Gasteiger partial charge in [-0.3, -0.25) is 4.79 Å². The highest BCUT2D eigenvalue weighted by Crippen LogP contribution is 2.40. The highest BCUT2D eigenvalue weighted by Gasteiger charge is 2.25. The third kappa shape index (κ3) is 5.22. The van der Waals surface area contributed by atoms with Gasteiger partial charge in [-0.25, -0.2) is 4.99 Å². The second-order valence-electron chi connectivity index (χ2n) is 7.23. The number of ether oxygens (including phenoxy) is 1. The summed E-state index contributed by atoms with van der Waals surface area (Å²) >= 11 is 7.30. The van der Waals surface area contributed by atoms with Gasteiger partial charge in [0.05, 0.1) is 13.6 Å². The van der Waals surface area contributed by atoms with Crippen LogP contribution in [0.5, 0.6) is 5.75 Å². The molecule has 2 aromatic carbocycles. The monoisotopic (exact) mass is 619 g/mol. The summed E-state index contributed by atoms with van der Waals surface area (Å²) in [5.74, 6) is 0.526. The molecule has 1 N–H and O–H groups in total. The fourth-order valence-electron chi connectivity index (χ4n) is 3.62. The molecule has 0 aliphatic heterocycles. The van der Waals surface area contributed by atoms with E-state index in [4.69, 9.17) is 15.0 Å². The Kier molecular flexibility index (Phi) is 7.60. The zero-order valence-electron chi connectivity index (χ0n) is 17.0. The minimum atomic E-state index is -0.112. The van der Waals surface area contributed by atoms with E-state index in [2.05, 4.69) is 43.8 Å². The number of carbonyl (C=O) groups excluding carboxylic acids is 1. The Morgan fingerprint density at radius 3 is 2.81 bits per heavy atom. The lowest BCUT2D eigenvalue weighted by molar-refractivity contribution is 0.102. The van der Waals surface area contributed by atoms with Crippen LogP contribution >= 0.6 is 49.9 Å². The first-order chi connectivity index (χ1) is 15.6. The molecule has 1 aliphatic rings. The van der Waals surface area contributed by atoms with E-state index < -0.39 is 0 Å². The van der Waals surface area contributed by atoms with Gasteiger partial charge in [0.15, 0.2) is 6.61 Å². The van der Waals surface area contributed by atoms with E-state index in [1.54, 1.807) is 17.6 Å². The molecule has 4 rings (SSSR count). The van der Waals surface area contributed by atoms with Crippen LogP contribution in [0.15, 0.2) is 51.9 Å².